The van der Waals surface area contributed by atoms with Gasteiger partial charge in [-0.05, 0) is 38.2 Å². The Kier molecular flexibility index (Phi) is 17.3. The second-order valence-electron chi connectivity index (χ2n) is 5.30. The Morgan fingerprint density at radius 1 is 1.04 bits per heavy atom. The summed E-state index contributed by atoms with van der Waals surface area (Å²) in [7, 11) is 5.79. The molecular weight excluding hydrogens is 324 g/mol. The maximum atomic E-state index is 11.9. The van der Waals surface area contributed by atoms with Crippen LogP contribution < -0.4 is 4.74 Å². The molecule has 0 saturated heterocycles. The van der Waals surface area contributed by atoms with Gasteiger partial charge >= 0.3 is 0 Å². The minimum absolute atomic E-state index is 0.00415. The molecule has 0 fully saturated rings. The highest BCUT2D eigenvalue weighted by Gasteiger charge is 2.09. The highest BCUT2D eigenvalue weighted by atomic mass is 35.5. The largest absolute Gasteiger partial charge is 0.484 e. The molecule has 0 bridgehead atoms. The van der Waals surface area contributed by atoms with Gasteiger partial charge in [0.1, 0.15) is 5.75 Å². The van der Waals surface area contributed by atoms with Crippen LogP contribution in [0.15, 0.2) is 24.3 Å². The molecule has 0 saturated carbocycles. The number of rotatable bonds is 8. The van der Waals surface area contributed by atoms with E-state index >= 15 is 0 Å². The summed E-state index contributed by atoms with van der Waals surface area (Å²) in [6, 6.07) is 7.97. The van der Waals surface area contributed by atoms with E-state index in [0.717, 1.165) is 25.1 Å². The van der Waals surface area contributed by atoms with Crippen molar-refractivity contribution in [2.45, 2.75) is 33.6 Å². The standard InChI is InChI=1S/C16H26N2O2.C2H6.CH3Cl/c1-5-6-14-7-9-15(10-8-14)20-13-16(19)18(4)12-11-17(2)3;2*1-2/h7-10H,5-6,11-13H2,1-4H3;1-2H3;1H3. The van der Waals surface area contributed by atoms with E-state index in [-0.39, 0.29) is 12.5 Å². The van der Waals surface area contributed by atoms with E-state index in [9.17, 15) is 4.79 Å². The number of amides is 1. The molecule has 1 aromatic carbocycles. The fourth-order valence-electron chi connectivity index (χ4n) is 1.77. The lowest BCUT2D eigenvalue weighted by Crippen LogP contribution is -2.36. The second kappa shape index (κ2) is 16.6. The predicted molar refractivity (Wildman–Crippen MR) is 105 cm³/mol. The van der Waals surface area contributed by atoms with Crippen molar-refractivity contribution in [2.24, 2.45) is 0 Å². The lowest BCUT2D eigenvalue weighted by atomic mass is 10.1. The zero-order chi connectivity index (χ0) is 19.0. The van der Waals surface area contributed by atoms with Gasteiger partial charge in [0.2, 0.25) is 0 Å². The monoisotopic (exact) mass is 358 g/mol. The topological polar surface area (TPSA) is 32.8 Å². The molecule has 1 rings (SSSR count). The van der Waals surface area contributed by atoms with Crippen LogP contribution in [0.3, 0.4) is 0 Å². The average Bonchev–Trinajstić information content (AvgIpc) is 2.62. The smallest absolute Gasteiger partial charge is 0.260 e. The number of carbonyl (C=O) groups excluding carboxylic acids is 1. The van der Waals surface area contributed by atoms with E-state index in [1.54, 1.807) is 11.9 Å². The van der Waals surface area contributed by atoms with E-state index in [4.69, 9.17) is 4.74 Å². The molecule has 0 radical (unpaired) electrons. The number of carbonyl (C=O) groups is 1. The van der Waals surface area contributed by atoms with Gasteiger partial charge in [-0.15, -0.1) is 11.6 Å². The number of hydrogen-bond acceptors (Lipinski definition) is 3. The lowest BCUT2D eigenvalue weighted by Gasteiger charge is -2.19. The Morgan fingerprint density at radius 2 is 1.58 bits per heavy atom. The van der Waals surface area contributed by atoms with E-state index < -0.39 is 0 Å². The van der Waals surface area contributed by atoms with Gasteiger partial charge in [-0.3, -0.25) is 4.79 Å². The van der Waals surface area contributed by atoms with E-state index in [1.165, 1.54) is 11.9 Å². The number of hydrogen-bond donors (Lipinski definition) is 0. The van der Waals surface area contributed by atoms with Crippen molar-refractivity contribution in [3.63, 3.8) is 0 Å². The molecular formula is C19H35ClN2O2. The van der Waals surface area contributed by atoms with Gasteiger partial charge in [0.25, 0.3) is 5.91 Å². The Hall–Kier alpha value is -1.26. The van der Waals surface area contributed by atoms with Crippen LogP contribution in [0.2, 0.25) is 0 Å². The van der Waals surface area contributed by atoms with Crippen molar-refractivity contribution in [1.82, 2.24) is 9.80 Å². The molecule has 0 aliphatic rings. The number of likely N-dealkylation sites (N-methyl/N-ethyl adjacent to an activating group) is 2. The maximum absolute atomic E-state index is 11.9. The second-order valence-corrected chi connectivity index (χ2v) is 5.30. The first-order valence-electron chi connectivity index (χ1n) is 8.51. The molecule has 0 aliphatic heterocycles. The Bertz CT molecular complexity index is 408. The van der Waals surface area contributed by atoms with Crippen molar-refractivity contribution < 1.29 is 9.53 Å². The van der Waals surface area contributed by atoms with E-state index in [0.29, 0.717) is 6.54 Å². The Labute approximate surface area is 153 Å². The number of ether oxygens (including phenoxy) is 1. The average molecular weight is 359 g/mol. The summed E-state index contributed by atoms with van der Waals surface area (Å²) < 4.78 is 5.52. The minimum atomic E-state index is 0.00415. The van der Waals surface area contributed by atoms with Gasteiger partial charge in [-0.25, -0.2) is 0 Å². The van der Waals surface area contributed by atoms with Gasteiger partial charge in [-0.1, -0.05) is 39.3 Å². The van der Waals surface area contributed by atoms with Gasteiger partial charge in [0.05, 0.1) is 0 Å². The van der Waals surface area contributed by atoms with E-state index in [1.807, 2.05) is 40.1 Å². The van der Waals surface area contributed by atoms with Crippen LogP contribution in [0.1, 0.15) is 32.8 Å². The molecule has 0 aliphatic carbocycles. The number of aryl methyl sites for hydroxylation is 1. The van der Waals surface area contributed by atoms with Crippen LogP contribution in [0.25, 0.3) is 0 Å². The highest BCUT2D eigenvalue weighted by Crippen LogP contribution is 2.13. The summed E-state index contributed by atoms with van der Waals surface area (Å²) >= 11 is 4.64. The number of nitrogens with zero attached hydrogens (tertiary/aromatic N) is 2. The van der Waals surface area contributed by atoms with Gasteiger partial charge < -0.3 is 14.5 Å². The third-order valence-corrected chi connectivity index (χ3v) is 3.13. The van der Waals surface area contributed by atoms with Gasteiger partial charge in [-0.2, -0.15) is 0 Å². The summed E-state index contributed by atoms with van der Waals surface area (Å²) in [5.74, 6) is 0.753. The fraction of sp³-hybridized carbons (Fsp3) is 0.632. The Morgan fingerprint density at radius 3 is 2.04 bits per heavy atom. The van der Waals surface area contributed by atoms with E-state index in [2.05, 4.69) is 35.6 Å². The molecule has 1 amide bonds. The summed E-state index contributed by atoms with van der Waals surface area (Å²) in [6.07, 6.45) is 3.68. The van der Waals surface area contributed by atoms with Gasteiger partial charge in [0, 0.05) is 26.5 Å². The normalized spacial score (nSPS) is 9.38. The lowest BCUT2D eigenvalue weighted by molar-refractivity contribution is -0.132. The minimum Gasteiger partial charge on any atom is -0.484 e. The Balaban J connectivity index is 0. The maximum Gasteiger partial charge on any atom is 0.260 e. The molecule has 0 N–H and O–H groups in total. The molecule has 4 nitrogen and oxygen atoms in total. The molecule has 0 atom stereocenters. The van der Waals surface area contributed by atoms with Crippen molar-refractivity contribution in [1.29, 1.82) is 0 Å². The third kappa shape index (κ3) is 12.2. The van der Waals surface area contributed by atoms with Crippen LogP contribution in [-0.2, 0) is 11.2 Å². The summed E-state index contributed by atoms with van der Waals surface area (Å²) in [5, 5.41) is 0. The molecule has 0 aromatic heterocycles. The van der Waals surface area contributed by atoms with Crippen molar-refractivity contribution in [2.75, 3.05) is 47.2 Å². The van der Waals surface area contributed by atoms with Crippen molar-refractivity contribution in [3.05, 3.63) is 29.8 Å². The summed E-state index contributed by atoms with van der Waals surface area (Å²) in [5.41, 5.74) is 1.30. The first-order valence-corrected chi connectivity index (χ1v) is 9.26. The van der Waals surface area contributed by atoms with Crippen LogP contribution in [-0.4, -0.2) is 62.9 Å². The zero-order valence-electron chi connectivity index (χ0n) is 16.4. The first-order chi connectivity index (χ1) is 11.5. The van der Waals surface area contributed by atoms with Crippen LogP contribution in [0.5, 0.6) is 5.75 Å². The zero-order valence-corrected chi connectivity index (χ0v) is 17.2. The molecule has 0 spiro atoms. The fourth-order valence-corrected chi connectivity index (χ4v) is 1.77. The quantitative estimate of drug-likeness (QED) is 0.660. The molecule has 140 valence electrons. The van der Waals surface area contributed by atoms with Crippen molar-refractivity contribution in [3.8, 4) is 5.75 Å². The van der Waals surface area contributed by atoms with Crippen LogP contribution in [0.4, 0.5) is 0 Å². The van der Waals surface area contributed by atoms with Crippen molar-refractivity contribution >= 4 is 17.5 Å². The molecule has 1 aromatic rings. The van der Waals surface area contributed by atoms with Gasteiger partial charge in [0.15, 0.2) is 6.61 Å². The molecule has 0 heterocycles. The first kappa shape index (κ1) is 25.0. The number of alkyl halides is 1. The molecule has 5 heteroatoms. The SMILES string of the molecule is CC.CCCc1ccc(OCC(=O)N(C)CCN(C)C)cc1.CCl. The summed E-state index contributed by atoms with van der Waals surface area (Å²) in [6.45, 7) is 7.82. The highest BCUT2D eigenvalue weighted by molar-refractivity contribution is 6.15. The number of halogens is 1. The molecule has 0 unspecified atom stereocenters. The third-order valence-electron chi connectivity index (χ3n) is 3.13. The number of benzene rings is 1. The summed E-state index contributed by atoms with van der Waals surface area (Å²) in [4.78, 5) is 15.6. The van der Waals surface area contributed by atoms with Crippen LogP contribution >= 0.6 is 11.6 Å². The van der Waals surface area contributed by atoms with Crippen LogP contribution in [0, 0.1) is 0 Å². The molecule has 24 heavy (non-hydrogen) atoms. The predicted octanol–water partition coefficient (Wildman–Crippen LogP) is 3.92.